The van der Waals surface area contributed by atoms with Crippen LogP contribution >= 0.6 is 0 Å². The van der Waals surface area contributed by atoms with Gasteiger partial charge in [-0.25, -0.2) is 4.98 Å². The van der Waals surface area contributed by atoms with Crippen LogP contribution in [0.1, 0.15) is 18.1 Å². The average molecular weight is 286 g/mol. The number of likely N-dealkylation sites (N-methyl/N-ethyl adjacent to an activating group) is 1. The molecule has 5 nitrogen and oxygen atoms in total. The first-order valence-corrected chi connectivity index (χ1v) is 7.13. The van der Waals surface area contributed by atoms with E-state index in [4.69, 9.17) is 10.5 Å². The molecule has 0 aliphatic rings. The Balaban J connectivity index is 2.06. The van der Waals surface area contributed by atoms with Crippen LogP contribution < -0.4 is 15.8 Å². The summed E-state index contributed by atoms with van der Waals surface area (Å²) < 4.78 is 5.08. The summed E-state index contributed by atoms with van der Waals surface area (Å²) >= 11 is 0. The van der Waals surface area contributed by atoms with Crippen molar-refractivity contribution in [2.75, 3.05) is 19.4 Å². The molecule has 112 valence electrons. The van der Waals surface area contributed by atoms with Gasteiger partial charge in [-0.05, 0) is 36.6 Å². The van der Waals surface area contributed by atoms with Crippen LogP contribution in [-0.4, -0.2) is 29.7 Å². The first kappa shape index (κ1) is 15.3. The van der Waals surface area contributed by atoms with Crippen LogP contribution in [0.2, 0.25) is 0 Å². The monoisotopic (exact) mass is 286 g/mol. The Morgan fingerprint density at radius 3 is 2.71 bits per heavy atom. The Morgan fingerprint density at radius 2 is 2.10 bits per heavy atom. The topological polar surface area (TPSA) is 73.1 Å². The van der Waals surface area contributed by atoms with E-state index in [0.29, 0.717) is 11.9 Å². The van der Waals surface area contributed by atoms with Crippen LogP contribution in [-0.2, 0) is 12.8 Å². The minimum absolute atomic E-state index is 0.302. The van der Waals surface area contributed by atoms with Gasteiger partial charge in [0.1, 0.15) is 0 Å². The average Bonchev–Trinajstić information content (AvgIpc) is 2.50. The van der Waals surface area contributed by atoms with Crippen LogP contribution in [0.3, 0.4) is 0 Å². The summed E-state index contributed by atoms with van der Waals surface area (Å²) in [7, 11) is 1.62. The van der Waals surface area contributed by atoms with E-state index in [1.807, 2.05) is 30.6 Å². The number of hydrogen-bond acceptors (Lipinski definition) is 5. The van der Waals surface area contributed by atoms with Gasteiger partial charge in [0.25, 0.3) is 0 Å². The smallest absolute Gasteiger partial charge is 0.212 e. The minimum Gasteiger partial charge on any atom is -0.481 e. The van der Waals surface area contributed by atoms with E-state index in [1.54, 1.807) is 13.3 Å². The van der Waals surface area contributed by atoms with Crippen molar-refractivity contribution in [2.45, 2.75) is 25.8 Å². The molecule has 2 aromatic rings. The third-order valence-electron chi connectivity index (χ3n) is 3.39. The van der Waals surface area contributed by atoms with Crippen LogP contribution in [0.4, 0.5) is 5.69 Å². The molecule has 0 aromatic carbocycles. The molecule has 1 atom stereocenters. The van der Waals surface area contributed by atoms with E-state index in [2.05, 4.69) is 22.2 Å². The second-order valence-electron chi connectivity index (χ2n) is 4.95. The SMILES string of the molecule is CCNC(Cc1ccc(OC)nc1)Cc1cnccc1N. The highest BCUT2D eigenvalue weighted by Gasteiger charge is 2.12. The number of rotatable bonds is 7. The van der Waals surface area contributed by atoms with Gasteiger partial charge in [0, 0.05) is 36.4 Å². The van der Waals surface area contributed by atoms with Crippen molar-refractivity contribution >= 4 is 5.69 Å². The van der Waals surface area contributed by atoms with Gasteiger partial charge in [-0.15, -0.1) is 0 Å². The van der Waals surface area contributed by atoms with E-state index >= 15 is 0 Å². The molecule has 3 N–H and O–H groups in total. The highest BCUT2D eigenvalue weighted by atomic mass is 16.5. The lowest BCUT2D eigenvalue weighted by atomic mass is 10.00. The fourth-order valence-corrected chi connectivity index (χ4v) is 2.32. The van der Waals surface area contributed by atoms with E-state index < -0.39 is 0 Å². The van der Waals surface area contributed by atoms with Crippen molar-refractivity contribution in [3.05, 3.63) is 47.9 Å². The van der Waals surface area contributed by atoms with Crippen molar-refractivity contribution in [1.82, 2.24) is 15.3 Å². The summed E-state index contributed by atoms with van der Waals surface area (Å²) in [5.74, 6) is 0.634. The predicted octanol–water partition coefficient (Wildman–Crippen LogP) is 1.83. The van der Waals surface area contributed by atoms with Crippen molar-refractivity contribution < 1.29 is 4.74 Å². The number of hydrogen-bond donors (Lipinski definition) is 2. The molecule has 2 aromatic heterocycles. The summed E-state index contributed by atoms with van der Waals surface area (Å²) in [6, 6.07) is 6.07. The van der Waals surface area contributed by atoms with Crippen molar-refractivity contribution in [1.29, 1.82) is 0 Å². The number of anilines is 1. The molecule has 0 amide bonds. The molecule has 0 radical (unpaired) electrons. The zero-order chi connectivity index (χ0) is 15.1. The molecule has 0 aliphatic heterocycles. The molecular formula is C16H22N4O. The highest BCUT2D eigenvalue weighted by molar-refractivity contribution is 5.44. The Morgan fingerprint density at radius 1 is 1.24 bits per heavy atom. The Labute approximate surface area is 125 Å². The van der Waals surface area contributed by atoms with Crippen LogP contribution in [0, 0.1) is 0 Å². The van der Waals surface area contributed by atoms with Gasteiger partial charge in [-0.1, -0.05) is 13.0 Å². The molecule has 2 rings (SSSR count). The lowest BCUT2D eigenvalue weighted by molar-refractivity contribution is 0.397. The van der Waals surface area contributed by atoms with Crippen molar-refractivity contribution in [3.8, 4) is 5.88 Å². The summed E-state index contributed by atoms with van der Waals surface area (Å²) in [5, 5.41) is 3.49. The van der Waals surface area contributed by atoms with Crippen molar-refractivity contribution in [3.63, 3.8) is 0 Å². The number of nitrogens with one attached hydrogen (secondary N) is 1. The molecular weight excluding hydrogens is 264 g/mol. The molecule has 0 bridgehead atoms. The van der Waals surface area contributed by atoms with Crippen LogP contribution in [0.5, 0.6) is 5.88 Å². The van der Waals surface area contributed by atoms with Gasteiger partial charge in [0.15, 0.2) is 0 Å². The Bertz CT molecular complexity index is 556. The lowest BCUT2D eigenvalue weighted by Crippen LogP contribution is -2.33. The third kappa shape index (κ3) is 4.43. The maximum absolute atomic E-state index is 6.00. The Hall–Kier alpha value is -2.14. The van der Waals surface area contributed by atoms with Gasteiger partial charge >= 0.3 is 0 Å². The van der Waals surface area contributed by atoms with Crippen LogP contribution in [0.25, 0.3) is 0 Å². The molecule has 0 aliphatic carbocycles. The van der Waals surface area contributed by atoms with E-state index in [0.717, 1.165) is 30.6 Å². The summed E-state index contributed by atoms with van der Waals surface area (Å²) in [4.78, 5) is 8.40. The van der Waals surface area contributed by atoms with E-state index in [1.165, 1.54) is 5.56 Å². The second kappa shape index (κ2) is 7.59. The number of aromatic nitrogens is 2. The molecule has 21 heavy (non-hydrogen) atoms. The zero-order valence-electron chi connectivity index (χ0n) is 12.5. The number of nitrogens with zero attached hydrogens (tertiary/aromatic N) is 2. The number of methoxy groups -OCH3 is 1. The quantitative estimate of drug-likeness (QED) is 0.812. The first-order chi connectivity index (χ1) is 10.2. The Kier molecular flexibility index (Phi) is 5.51. The van der Waals surface area contributed by atoms with Gasteiger partial charge in [-0.2, -0.15) is 0 Å². The number of ether oxygens (including phenoxy) is 1. The molecule has 2 heterocycles. The summed E-state index contributed by atoms with van der Waals surface area (Å²) in [6.07, 6.45) is 7.15. The van der Waals surface area contributed by atoms with Gasteiger partial charge in [0.05, 0.1) is 7.11 Å². The molecule has 0 fully saturated rings. The fraction of sp³-hybridized carbons (Fsp3) is 0.375. The minimum atomic E-state index is 0.302. The standard InChI is InChI=1S/C16H22N4O/c1-3-19-14(9-13-11-18-7-6-15(13)17)8-12-4-5-16(21-2)20-10-12/h4-7,10-11,14,19H,3,8-9H2,1-2H3,(H2,17,18). The maximum Gasteiger partial charge on any atom is 0.212 e. The van der Waals surface area contributed by atoms with E-state index in [9.17, 15) is 0 Å². The number of pyridine rings is 2. The van der Waals surface area contributed by atoms with Crippen molar-refractivity contribution in [2.24, 2.45) is 0 Å². The highest BCUT2D eigenvalue weighted by Crippen LogP contribution is 2.15. The number of nitrogen functional groups attached to an aromatic ring is 1. The summed E-state index contributed by atoms with van der Waals surface area (Å²) in [5.41, 5.74) is 9.04. The molecule has 0 saturated carbocycles. The van der Waals surface area contributed by atoms with Gasteiger partial charge in [-0.3, -0.25) is 4.98 Å². The first-order valence-electron chi connectivity index (χ1n) is 7.13. The van der Waals surface area contributed by atoms with Crippen LogP contribution in [0.15, 0.2) is 36.8 Å². The molecule has 1 unspecified atom stereocenters. The number of nitrogens with two attached hydrogens (primary N) is 1. The normalized spacial score (nSPS) is 12.1. The maximum atomic E-state index is 6.00. The van der Waals surface area contributed by atoms with Gasteiger partial charge in [0.2, 0.25) is 5.88 Å². The lowest BCUT2D eigenvalue weighted by Gasteiger charge is -2.18. The zero-order valence-corrected chi connectivity index (χ0v) is 12.5. The molecule has 0 spiro atoms. The molecule has 5 heteroatoms. The third-order valence-corrected chi connectivity index (χ3v) is 3.39. The largest absolute Gasteiger partial charge is 0.481 e. The fourth-order valence-electron chi connectivity index (χ4n) is 2.32. The predicted molar refractivity (Wildman–Crippen MR) is 84.3 cm³/mol. The molecule has 0 saturated heterocycles. The second-order valence-corrected chi connectivity index (χ2v) is 4.95. The van der Waals surface area contributed by atoms with E-state index in [-0.39, 0.29) is 0 Å². The summed E-state index contributed by atoms with van der Waals surface area (Å²) in [6.45, 7) is 3.01. The van der Waals surface area contributed by atoms with Gasteiger partial charge < -0.3 is 15.8 Å².